The maximum absolute atomic E-state index is 12.3. The summed E-state index contributed by atoms with van der Waals surface area (Å²) in [7, 11) is 1.58. The highest BCUT2D eigenvalue weighted by atomic mass is 79.9. The van der Waals surface area contributed by atoms with Crippen LogP contribution in [-0.2, 0) is 4.79 Å². The second-order valence-electron chi connectivity index (χ2n) is 5.17. The van der Waals surface area contributed by atoms with Crippen molar-refractivity contribution in [3.63, 3.8) is 0 Å². The van der Waals surface area contributed by atoms with Gasteiger partial charge in [-0.15, -0.1) is 0 Å². The van der Waals surface area contributed by atoms with E-state index in [-0.39, 0.29) is 11.6 Å². The van der Waals surface area contributed by atoms with Crippen LogP contribution in [0.25, 0.3) is 6.08 Å². The fraction of sp³-hybridized carbons (Fsp3) is 0.158. The molecule has 0 bridgehead atoms. The first kappa shape index (κ1) is 17.8. The lowest BCUT2D eigenvalue weighted by Gasteiger charge is -2.13. The summed E-state index contributed by atoms with van der Waals surface area (Å²) in [6.07, 6.45) is 1.55. The summed E-state index contributed by atoms with van der Waals surface area (Å²) < 4.78 is 5.93. The number of ether oxygens (including phenoxy) is 1. The second kappa shape index (κ2) is 8.32. The van der Waals surface area contributed by atoms with Crippen LogP contribution in [0, 0.1) is 11.3 Å². The molecule has 2 aromatic carbocycles. The van der Waals surface area contributed by atoms with Crippen molar-refractivity contribution in [1.29, 1.82) is 5.26 Å². The molecular weight excluding hydrogens is 368 g/mol. The lowest BCUT2D eigenvalue weighted by atomic mass is 10.1. The summed E-state index contributed by atoms with van der Waals surface area (Å²) in [5.74, 6) is 0.286. The Kier molecular flexibility index (Phi) is 6.16. The minimum Gasteiger partial charge on any atom is -0.496 e. The van der Waals surface area contributed by atoms with Gasteiger partial charge < -0.3 is 10.1 Å². The average molecular weight is 385 g/mol. The first-order chi connectivity index (χ1) is 11.5. The standard InChI is InChI=1S/C19H17BrN2O2/c1-13(15-6-4-3-5-7-15)22-19(23)16(12-21)10-14-8-9-18(24-2)17(20)11-14/h3-11,13H,1-2H3,(H,22,23)/b16-10+/t13-/m0/s1. The Labute approximate surface area is 149 Å². The van der Waals surface area contributed by atoms with Crippen molar-refractivity contribution in [1.82, 2.24) is 5.32 Å². The summed E-state index contributed by atoms with van der Waals surface area (Å²) in [6.45, 7) is 1.88. The second-order valence-corrected chi connectivity index (χ2v) is 6.02. The molecule has 0 saturated carbocycles. The van der Waals surface area contributed by atoms with Crippen molar-refractivity contribution < 1.29 is 9.53 Å². The molecule has 0 radical (unpaired) electrons. The van der Waals surface area contributed by atoms with E-state index in [2.05, 4.69) is 21.2 Å². The van der Waals surface area contributed by atoms with Crippen LogP contribution in [-0.4, -0.2) is 13.0 Å². The van der Waals surface area contributed by atoms with E-state index in [1.54, 1.807) is 31.4 Å². The number of hydrogen-bond acceptors (Lipinski definition) is 3. The predicted octanol–water partition coefficient (Wildman–Crippen LogP) is 4.24. The number of amides is 1. The molecule has 0 spiro atoms. The minimum absolute atomic E-state index is 0.0508. The van der Waals surface area contributed by atoms with Gasteiger partial charge >= 0.3 is 0 Å². The van der Waals surface area contributed by atoms with Gasteiger partial charge in [0, 0.05) is 0 Å². The summed E-state index contributed by atoms with van der Waals surface area (Å²) in [5, 5.41) is 12.1. The van der Waals surface area contributed by atoms with Crippen LogP contribution in [0.1, 0.15) is 24.1 Å². The van der Waals surface area contributed by atoms with Gasteiger partial charge in [-0.2, -0.15) is 5.26 Å². The maximum atomic E-state index is 12.3. The van der Waals surface area contributed by atoms with Crippen LogP contribution in [0.15, 0.2) is 58.6 Å². The Bertz CT molecular complexity index is 795. The molecule has 0 aromatic heterocycles. The zero-order valence-corrected chi connectivity index (χ0v) is 15.0. The van der Waals surface area contributed by atoms with E-state index < -0.39 is 5.91 Å². The summed E-state index contributed by atoms with van der Waals surface area (Å²) >= 11 is 3.39. The van der Waals surface area contributed by atoms with E-state index in [0.717, 1.165) is 15.6 Å². The first-order valence-corrected chi connectivity index (χ1v) is 8.15. The number of halogens is 1. The third-order valence-corrected chi connectivity index (χ3v) is 4.12. The smallest absolute Gasteiger partial charge is 0.262 e. The number of nitrogens with zero attached hydrogens (tertiary/aromatic N) is 1. The highest BCUT2D eigenvalue weighted by Gasteiger charge is 2.14. The van der Waals surface area contributed by atoms with E-state index in [0.29, 0.717) is 5.75 Å². The Morgan fingerprint density at radius 3 is 2.58 bits per heavy atom. The van der Waals surface area contributed by atoms with E-state index >= 15 is 0 Å². The normalized spacial score (nSPS) is 12.2. The molecule has 2 aromatic rings. The molecule has 2 rings (SSSR count). The van der Waals surface area contributed by atoms with Crippen LogP contribution in [0.5, 0.6) is 5.75 Å². The maximum Gasteiger partial charge on any atom is 0.262 e. The van der Waals surface area contributed by atoms with Crippen LogP contribution < -0.4 is 10.1 Å². The minimum atomic E-state index is -0.402. The van der Waals surface area contributed by atoms with Crippen molar-refractivity contribution in [2.24, 2.45) is 0 Å². The molecule has 0 aliphatic heterocycles. The van der Waals surface area contributed by atoms with Crippen LogP contribution >= 0.6 is 15.9 Å². The molecule has 0 heterocycles. The number of carbonyl (C=O) groups excluding carboxylic acids is 1. The van der Waals surface area contributed by atoms with Gasteiger partial charge in [0.05, 0.1) is 17.6 Å². The Hall–Kier alpha value is -2.58. The Morgan fingerprint density at radius 1 is 1.29 bits per heavy atom. The van der Waals surface area contributed by atoms with Gasteiger partial charge in [-0.1, -0.05) is 36.4 Å². The lowest BCUT2D eigenvalue weighted by molar-refractivity contribution is -0.117. The van der Waals surface area contributed by atoms with Crippen LogP contribution in [0.3, 0.4) is 0 Å². The third-order valence-electron chi connectivity index (χ3n) is 3.50. The highest BCUT2D eigenvalue weighted by molar-refractivity contribution is 9.10. The van der Waals surface area contributed by atoms with E-state index in [9.17, 15) is 10.1 Å². The zero-order chi connectivity index (χ0) is 17.5. The molecule has 1 atom stereocenters. The number of benzene rings is 2. The number of carbonyl (C=O) groups is 1. The van der Waals surface area contributed by atoms with Crippen molar-refractivity contribution >= 4 is 27.9 Å². The van der Waals surface area contributed by atoms with Gasteiger partial charge in [0.1, 0.15) is 17.4 Å². The molecule has 0 aliphatic carbocycles. The molecule has 1 N–H and O–H groups in total. The van der Waals surface area contributed by atoms with Gasteiger partial charge in [0.25, 0.3) is 5.91 Å². The van der Waals surface area contributed by atoms with E-state index in [1.807, 2.05) is 43.3 Å². The third kappa shape index (κ3) is 4.46. The Balaban J connectivity index is 2.17. The molecule has 0 aliphatic rings. The monoisotopic (exact) mass is 384 g/mol. The molecule has 122 valence electrons. The zero-order valence-electron chi connectivity index (χ0n) is 13.4. The predicted molar refractivity (Wildman–Crippen MR) is 97.3 cm³/mol. The van der Waals surface area contributed by atoms with Gasteiger partial charge in [-0.25, -0.2) is 0 Å². The fourth-order valence-electron chi connectivity index (χ4n) is 2.19. The quantitative estimate of drug-likeness (QED) is 0.619. The largest absolute Gasteiger partial charge is 0.496 e. The summed E-state index contributed by atoms with van der Waals surface area (Å²) in [5.41, 5.74) is 1.77. The van der Waals surface area contributed by atoms with Crippen molar-refractivity contribution in [2.45, 2.75) is 13.0 Å². The number of hydrogen-bond donors (Lipinski definition) is 1. The number of nitriles is 1. The van der Waals surface area contributed by atoms with Crippen molar-refractivity contribution in [3.05, 3.63) is 69.7 Å². The summed E-state index contributed by atoms with van der Waals surface area (Å²) in [6, 6.07) is 16.7. The lowest BCUT2D eigenvalue weighted by Crippen LogP contribution is -2.27. The van der Waals surface area contributed by atoms with Crippen molar-refractivity contribution in [3.8, 4) is 11.8 Å². The topological polar surface area (TPSA) is 62.1 Å². The first-order valence-electron chi connectivity index (χ1n) is 7.36. The molecule has 24 heavy (non-hydrogen) atoms. The van der Waals surface area contributed by atoms with Crippen molar-refractivity contribution in [2.75, 3.05) is 7.11 Å². The fourth-order valence-corrected chi connectivity index (χ4v) is 2.75. The molecule has 4 nitrogen and oxygen atoms in total. The van der Waals surface area contributed by atoms with Gasteiger partial charge in [0.15, 0.2) is 0 Å². The molecular formula is C19H17BrN2O2. The van der Waals surface area contributed by atoms with E-state index in [1.165, 1.54) is 0 Å². The molecule has 5 heteroatoms. The molecule has 0 unspecified atom stereocenters. The van der Waals surface area contributed by atoms with Gasteiger partial charge in [0.2, 0.25) is 0 Å². The number of methoxy groups -OCH3 is 1. The number of nitrogens with one attached hydrogen (secondary N) is 1. The van der Waals surface area contributed by atoms with Crippen LogP contribution in [0.4, 0.5) is 0 Å². The van der Waals surface area contributed by atoms with Gasteiger partial charge in [-0.05, 0) is 52.2 Å². The molecule has 0 fully saturated rings. The van der Waals surface area contributed by atoms with Crippen LogP contribution in [0.2, 0.25) is 0 Å². The molecule has 1 amide bonds. The SMILES string of the molecule is COc1ccc(/C=C(\C#N)C(=O)N[C@@H](C)c2ccccc2)cc1Br. The highest BCUT2D eigenvalue weighted by Crippen LogP contribution is 2.26. The van der Waals surface area contributed by atoms with E-state index in [4.69, 9.17) is 4.74 Å². The number of rotatable bonds is 5. The summed E-state index contributed by atoms with van der Waals surface area (Å²) in [4.78, 5) is 12.3. The Morgan fingerprint density at radius 2 is 2.00 bits per heavy atom. The molecule has 0 saturated heterocycles. The average Bonchev–Trinajstić information content (AvgIpc) is 2.60. The van der Waals surface area contributed by atoms with Gasteiger partial charge in [-0.3, -0.25) is 4.79 Å².